The maximum atomic E-state index is 13.3. The summed E-state index contributed by atoms with van der Waals surface area (Å²) in [4.78, 5) is 36.9. The molecule has 2 atom stereocenters. The second-order valence-electron chi connectivity index (χ2n) is 6.91. The molecule has 2 aromatic rings. The lowest BCUT2D eigenvalue weighted by Crippen LogP contribution is -2.36. The quantitative estimate of drug-likeness (QED) is 0.670. The van der Waals surface area contributed by atoms with Crippen LogP contribution in [-0.4, -0.2) is 29.6 Å². The van der Waals surface area contributed by atoms with Gasteiger partial charge in [0.25, 0.3) is 0 Å². The molecule has 0 radical (unpaired) electrons. The highest BCUT2D eigenvalue weighted by molar-refractivity contribution is 7.15. The van der Waals surface area contributed by atoms with E-state index in [0.717, 1.165) is 24.2 Å². The number of carbonyl (C=O) groups excluding carboxylic acids is 2. The first-order chi connectivity index (χ1) is 13.9. The SMILES string of the molecule is CCOC(=O)c1c(-c2ccc(F)cc2)csc1NC(=O)[C@H]1CCCC[C@H]1C(=O)O. The number of hydrogen-bond donors (Lipinski definition) is 2. The fourth-order valence-electron chi connectivity index (χ4n) is 3.64. The molecule has 6 nitrogen and oxygen atoms in total. The van der Waals surface area contributed by atoms with Crippen LogP contribution in [0.3, 0.4) is 0 Å². The molecule has 154 valence electrons. The van der Waals surface area contributed by atoms with E-state index in [2.05, 4.69) is 5.32 Å². The first kappa shape index (κ1) is 21.0. The molecule has 1 heterocycles. The van der Waals surface area contributed by atoms with Crippen molar-refractivity contribution in [3.63, 3.8) is 0 Å². The molecule has 1 amide bonds. The molecule has 0 unspecified atom stereocenters. The molecule has 1 saturated carbocycles. The molecule has 8 heteroatoms. The largest absolute Gasteiger partial charge is 0.481 e. The molecule has 0 aliphatic heterocycles. The summed E-state index contributed by atoms with van der Waals surface area (Å²) >= 11 is 1.16. The number of aliphatic carboxylic acids is 1. The minimum Gasteiger partial charge on any atom is -0.481 e. The third kappa shape index (κ3) is 4.64. The number of amides is 1. The fraction of sp³-hybridized carbons (Fsp3) is 0.381. The second kappa shape index (κ2) is 9.17. The number of carboxylic acid groups (broad SMARTS) is 1. The van der Waals surface area contributed by atoms with Crippen molar-refractivity contribution >= 4 is 34.2 Å². The van der Waals surface area contributed by atoms with Gasteiger partial charge in [0.05, 0.1) is 18.4 Å². The number of ether oxygens (including phenoxy) is 1. The predicted molar refractivity (Wildman–Crippen MR) is 107 cm³/mol. The van der Waals surface area contributed by atoms with Crippen LogP contribution in [0.1, 0.15) is 43.0 Å². The van der Waals surface area contributed by atoms with Crippen molar-refractivity contribution in [3.05, 3.63) is 41.0 Å². The van der Waals surface area contributed by atoms with Gasteiger partial charge in [-0.25, -0.2) is 9.18 Å². The first-order valence-corrected chi connectivity index (χ1v) is 10.4. The fourth-order valence-corrected chi connectivity index (χ4v) is 4.60. The smallest absolute Gasteiger partial charge is 0.341 e. The van der Waals surface area contributed by atoms with Crippen molar-refractivity contribution in [1.29, 1.82) is 0 Å². The molecule has 1 aliphatic carbocycles. The molecule has 1 aromatic heterocycles. The Balaban J connectivity index is 1.92. The van der Waals surface area contributed by atoms with E-state index in [9.17, 15) is 23.9 Å². The Bertz CT molecular complexity index is 908. The number of carboxylic acids is 1. The van der Waals surface area contributed by atoms with E-state index < -0.39 is 35.5 Å². The normalized spacial score (nSPS) is 18.8. The standard InChI is InChI=1S/C21H22FNO5S/c1-2-28-21(27)17-16(12-7-9-13(22)10-8-12)11-29-19(17)23-18(24)14-5-3-4-6-15(14)20(25)26/h7-11,14-15H,2-6H2,1H3,(H,23,24)(H,25,26)/t14-,15+/m0/s1. The van der Waals surface area contributed by atoms with Gasteiger partial charge in [-0.05, 0) is 37.5 Å². The number of hydrogen-bond acceptors (Lipinski definition) is 5. The van der Waals surface area contributed by atoms with E-state index in [1.807, 2.05) is 0 Å². The Morgan fingerprint density at radius 1 is 1.17 bits per heavy atom. The van der Waals surface area contributed by atoms with Gasteiger partial charge in [-0.2, -0.15) is 0 Å². The molecule has 0 saturated heterocycles. The van der Waals surface area contributed by atoms with Gasteiger partial charge in [0, 0.05) is 10.9 Å². The summed E-state index contributed by atoms with van der Waals surface area (Å²) in [7, 11) is 0. The average Bonchev–Trinajstić information content (AvgIpc) is 3.12. The van der Waals surface area contributed by atoms with Crippen LogP contribution in [0.4, 0.5) is 9.39 Å². The van der Waals surface area contributed by atoms with Gasteiger partial charge < -0.3 is 15.2 Å². The van der Waals surface area contributed by atoms with Gasteiger partial charge in [0.1, 0.15) is 16.4 Å². The number of rotatable bonds is 6. The van der Waals surface area contributed by atoms with Gasteiger partial charge in [-0.3, -0.25) is 9.59 Å². The summed E-state index contributed by atoms with van der Waals surface area (Å²) < 4.78 is 18.4. The predicted octanol–water partition coefficient (Wildman–Crippen LogP) is 4.56. The summed E-state index contributed by atoms with van der Waals surface area (Å²) in [6.07, 6.45) is 2.53. The van der Waals surface area contributed by atoms with Gasteiger partial charge in [0.15, 0.2) is 0 Å². The van der Waals surface area contributed by atoms with Gasteiger partial charge >= 0.3 is 11.9 Å². The van der Waals surface area contributed by atoms with Crippen LogP contribution in [0.2, 0.25) is 0 Å². The minimum atomic E-state index is -0.978. The maximum Gasteiger partial charge on any atom is 0.341 e. The molecule has 1 fully saturated rings. The third-order valence-corrected chi connectivity index (χ3v) is 5.98. The summed E-state index contributed by atoms with van der Waals surface area (Å²) in [6, 6.07) is 5.68. The van der Waals surface area contributed by atoms with Crippen molar-refractivity contribution in [3.8, 4) is 11.1 Å². The highest BCUT2D eigenvalue weighted by Crippen LogP contribution is 2.38. The van der Waals surface area contributed by atoms with Crippen LogP contribution in [0.25, 0.3) is 11.1 Å². The van der Waals surface area contributed by atoms with Crippen molar-refractivity contribution < 1.29 is 28.6 Å². The Morgan fingerprint density at radius 2 is 1.83 bits per heavy atom. The van der Waals surface area contributed by atoms with E-state index in [0.29, 0.717) is 29.0 Å². The summed E-state index contributed by atoms with van der Waals surface area (Å²) in [5.74, 6) is -3.75. The number of esters is 1. The Hall–Kier alpha value is -2.74. The van der Waals surface area contributed by atoms with Crippen LogP contribution < -0.4 is 5.32 Å². The number of anilines is 1. The highest BCUT2D eigenvalue weighted by atomic mass is 32.1. The van der Waals surface area contributed by atoms with Crippen molar-refractivity contribution in [2.24, 2.45) is 11.8 Å². The highest BCUT2D eigenvalue weighted by Gasteiger charge is 2.36. The molecular formula is C21H22FNO5S. The topological polar surface area (TPSA) is 92.7 Å². The second-order valence-corrected chi connectivity index (χ2v) is 7.79. The van der Waals surface area contributed by atoms with Crippen molar-refractivity contribution in [2.75, 3.05) is 11.9 Å². The minimum absolute atomic E-state index is 0.161. The molecular weight excluding hydrogens is 397 g/mol. The molecule has 1 aromatic carbocycles. The van der Waals surface area contributed by atoms with E-state index in [1.165, 1.54) is 12.1 Å². The lowest BCUT2D eigenvalue weighted by Gasteiger charge is -2.27. The Morgan fingerprint density at radius 3 is 2.45 bits per heavy atom. The number of benzene rings is 1. The average molecular weight is 419 g/mol. The zero-order valence-electron chi connectivity index (χ0n) is 15.9. The monoisotopic (exact) mass is 419 g/mol. The van der Waals surface area contributed by atoms with Gasteiger partial charge in [-0.1, -0.05) is 25.0 Å². The van der Waals surface area contributed by atoms with Crippen LogP contribution >= 0.6 is 11.3 Å². The van der Waals surface area contributed by atoms with Gasteiger partial charge in [-0.15, -0.1) is 11.3 Å². The maximum absolute atomic E-state index is 13.3. The molecule has 0 spiro atoms. The van der Waals surface area contributed by atoms with Gasteiger partial charge in [0.2, 0.25) is 5.91 Å². The van der Waals surface area contributed by atoms with Crippen LogP contribution in [0.5, 0.6) is 0 Å². The molecule has 3 rings (SSSR count). The molecule has 29 heavy (non-hydrogen) atoms. The third-order valence-electron chi connectivity index (χ3n) is 5.08. The lowest BCUT2D eigenvalue weighted by molar-refractivity contribution is -0.147. The van der Waals surface area contributed by atoms with Crippen LogP contribution in [-0.2, 0) is 14.3 Å². The van der Waals surface area contributed by atoms with Crippen molar-refractivity contribution in [1.82, 2.24) is 0 Å². The van der Waals surface area contributed by atoms with E-state index in [-0.39, 0.29) is 12.2 Å². The van der Waals surface area contributed by atoms with Crippen LogP contribution in [0, 0.1) is 17.7 Å². The summed E-state index contributed by atoms with van der Waals surface area (Å²) in [5.41, 5.74) is 1.34. The first-order valence-electron chi connectivity index (χ1n) is 9.50. The number of nitrogens with one attached hydrogen (secondary N) is 1. The summed E-state index contributed by atoms with van der Waals surface area (Å²) in [5, 5.41) is 14.2. The zero-order valence-corrected chi connectivity index (χ0v) is 16.8. The number of thiophene rings is 1. The van der Waals surface area contributed by atoms with E-state index in [4.69, 9.17) is 4.74 Å². The van der Waals surface area contributed by atoms with E-state index in [1.54, 1.807) is 24.4 Å². The number of halogens is 1. The Kier molecular flexibility index (Phi) is 6.64. The summed E-state index contributed by atoms with van der Waals surface area (Å²) in [6.45, 7) is 1.84. The molecule has 0 bridgehead atoms. The number of carbonyl (C=O) groups is 3. The zero-order chi connectivity index (χ0) is 21.0. The lowest BCUT2D eigenvalue weighted by atomic mass is 9.79. The Labute approximate surface area is 171 Å². The van der Waals surface area contributed by atoms with E-state index >= 15 is 0 Å². The van der Waals surface area contributed by atoms with Crippen molar-refractivity contribution in [2.45, 2.75) is 32.6 Å². The molecule has 2 N–H and O–H groups in total. The molecule has 1 aliphatic rings. The van der Waals surface area contributed by atoms with Crippen LogP contribution in [0.15, 0.2) is 29.6 Å².